The van der Waals surface area contributed by atoms with Crippen LogP contribution in [0, 0.1) is 11.3 Å². The van der Waals surface area contributed by atoms with E-state index in [-0.39, 0.29) is 16.5 Å². The van der Waals surface area contributed by atoms with Crippen LogP contribution < -0.4 is 4.74 Å². The summed E-state index contributed by atoms with van der Waals surface area (Å²) in [5.41, 5.74) is -1.55. The van der Waals surface area contributed by atoms with Gasteiger partial charge < -0.3 is 4.74 Å². The van der Waals surface area contributed by atoms with Gasteiger partial charge in [-0.1, -0.05) is 23.2 Å². The van der Waals surface area contributed by atoms with E-state index in [1.165, 1.54) is 30.3 Å². The monoisotopic (exact) mass is 331 g/mol. The summed E-state index contributed by atoms with van der Waals surface area (Å²) in [7, 11) is 0. The van der Waals surface area contributed by atoms with E-state index >= 15 is 0 Å². The van der Waals surface area contributed by atoms with Crippen LogP contribution in [0.5, 0.6) is 11.5 Å². The van der Waals surface area contributed by atoms with Crippen molar-refractivity contribution in [2.75, 3.05) is 0 Å². The van der Waals surface area contributed by atoms with Gasteiger partial charge in [0.2, 0.25) is 0 Å². The number of hydrogen-bond acceptors (Lipinski definition) is 2. The van der Waals surface area contributed by atoms with Gasteiger partial charge in [-0.25, -0.2) is 0 Å². The minimum absolute atomic E-state index is 0.0921. The van der Waals surface area contributed by atoms with Crippen molar-refractivity contribution < 1.29 is 17.9 Å². The summed E-state index contributed by atoms with van der Waals surface area (Å²) in [6, 6.07) is 8.90. The van der Waals surface area contributed by atoms with Gasteiger partial charge in [0.25, 0.3) is 0 Å². The smallest absolute Gasteiger partial charge is 0.417 e. The summed E-state index contributed by atoms with van der Waals surface area (Å²) < 4.78 is 43.8. The Morgan fingerprint density at radius 3 is 2.38 bits per heavy atom. The van der Waals surface area contributed by atoms with E-state index in [4.69, 9.17) is 33.2 Å². The van der Waals surface area contributed by atoms with E-state index in [0.717, 1.165) is 12.1 Å². The molecule has 108 valence electrons. The second-order valence-corrected chi connectivity index (χ2v) is 4.84. The van der Waals surface area contributed by atoms with Gasteiger partial charge in [0.05, 0.1) is 22.2 Å². The van der Waals surface area contributed by atoms with Gasteiger partial charge in [0, 0.05) is 11.1 Å². The molecule has 0 saturated heterocycles. The molecular weight excluding hydrogens is 326 g/mol. The van der Waals surface area contributed by atoms with Crippen molar-refractivity contribution in [1.82, 2.24) is 0 Å². The minimum Gasteiger partial charge on any atom is -0.456 e. The van der Waals surface area contributed by atoms with Crippen LogP contribution in [0.2, 0.25) is 10.0 Å². The summed E-state index contributed by atoms with van der Waals surface area (Å²) in [5, 5.41) is 9.25. The van der Waals surface area contributed by atoms with Crippen LogP contribution in [0.1, 0.15) is 11.1 Å². The molecule has 0 atom stereocenters. The molecule has 0 aliphatic heterocycles. The van der Waals surface area contributed by atoms with Crippen LogP contribution in [0.4, 0.5) is 13.2 Å². The van der Waals surface area contributed by atoms with Crippen molar-refractivity contribution in [3.8, 4) is 17.6 Å². The van der Waals surface area contributed by atoms with E-state index in [1.54, 1.807) is 0 Å². The van der Waals surface area contributed by atoms with Crippen molar-refractivity contribution in [3.63, 3.8) is 0 Å². The van der Waals surface area contributed by atoms with Crippen LogP contribution in [0.15, 0.2) is 36.4 Å². The normalized spacial score (nSPS) is 11.0. The molecule has 21 heavy (non-hydrogen) atoms. The SMILES string of the molecule is N#Cc1ccc(Oc2cc(Cl)ccc2Cl)cc1C(F)(F)F. The highest BCUT2D eigenvalue weighted by Gasteiger charge is 2.34. The zero-order valence-corrected chi connectivity index (χ0v) is 11.7. The Kier molecular flexibility index (Phi) is 4.31. The topological polar surface area (TPSA) is 33.0 Å². The minimum atomic E-state index is -4.65. The maximum absolute atomic E-state index is 12.8. The summed E-state index contributed by atoms with van der Waals surface area (Å²) >= 11 is 11.6. The second-order valence-electron chi connectivity index (χ2n) is 3.99. The van der Waals surface area contributed by atoms with Crippen LogP contribution in [0.25, 0.3) is 0 Å². The Morgan fingerprint density at radius 1 is 1.05 bits per heavy atom. The standard InChI is InChI=1S/C14H6Cl2F3NO/c15-9-2-4-12(16)13(5-9)21-10-3-1-8(7-20)11(6-10)14(17,18)19/h1-6H. The van der Waals surface area contributed by atoms with Crippen molar-refractivity contribution in [3.05, 3.63) is 57.6 Å². The van der Waals surface area contributed by atoms with E-state index in [1.807, 2.05) is 0 Å². The molecule has 0 amide bonds. The highest BCUT2D eigenvalue weighted by molar-refractivity contribution is 6.34. The second kappa shape index (κ2) is 5.84. The molecule has 2 rings (SSSR count). The van der Waals surface area contributed by atoms with Gasteiger partial charge in [-0.05, 0) is 30.3 Å². The molecule has 0 bridgehead atoms. The first-order valence-corrected chi connectivity index (χ1v) is 6.31. The average Bonchev–Trinajstić information content (AvgIpc) is 2.42. The largest absolute Gasteiger partial charge is 0.456 e. The average molecular weight is 332 g/mol. The molecule has 7 heteroatoms. The van der Waals surface area contributed by atoms with Crippen molar-refractivity contribution >= 4 is 23.2 Å². The van der Waals surface area contributed by atoms with E-state index in [0.29, 0.717) is 5.02 Å². The predicted molar refractivity (Wildman–Crippen MR) is 72.7 cm³/mol. The molecule has 0 spiro atoms. The highest BCUT2D eigenvalue weighted by Crippen LogP contribution is 2.37. The molecule has 0 saturated carbocycles. The molecule has 2 aromatic rings. The molecule has 0 heterocycles. The lowest BCUT2D eigenvalue weighted by atomic mass is 10.1. The van der Waals surface area contributed by atoms with Crippen LogP contribution in [-0.4, -0.2) is 0 Å². The summed E-state index contributed by atoms with van der Waals surface area (Å²) in [6.45, 7) is 0. The van der Waals surface area contributed by atoms with Gasteiger partial charge in [0.1, 0.15) is 11.5 Å². The predicted octanol–water partition coefficient (Wildman–Crippen LogP) is 5.68. The number of alkyl halides is 3. The Morgan fingerprint density at radius 2 is 1.76 bits per heavy atom. The summed E-state index contributed by atoms with van der Waals surface area (Å²) in [5.74, 6) is 0.0347. The Bertz CT molecular complexity index is 723. The van der Waals surface area contributed by atoms with Gasteiger partial charge in [0.15, 0.2) is 0 Å². The lowest BCUT2D eigenvalue weighted by Gasteiger charge is -2.12. The fourth-order valence-electron chi connectivity index (χ4n) is 1.60. The third-order valence-corrected chi connectivity index (χ3v) is 3.09. The quantitative estimate of drug-likeness (QED) is 0.709. The number of rotatable bonds is 2. The van der Waals surface area contributed by atoms with Gasteiger partial charge in [-0.3, -0.25) is 0 Å². The third-order valence-electron chi connectivity index (χ3n) is 2.54. The molecular formula is C14H6Cl2F3NO. The van der Waals surface area contributed by atoms with Crippen LogP contribution >= 0.6 is 23.2 Å². The lowest BCUT2D eigenvalue weighted by Crippen LogP contribution is -2.07. The zero-order chi connectivity index (χ0) is 15.6. The fraction of sp³-hybridized carbons (Fsp3) is 0.0714. The van der Waals surface area contributed by atoms with Gasteiger partial charge in [-0.15, -0.1) is 0 Å². The molecule has 2 aromatic carbocycles. The fourth-order valence-corrected chi connectivity index (χ4v) is 1.92. The molecule has 0 aliphatic rings. The molecule has 0 radical (unpaired) electrons. The molecule has 0 aliphatic carbocycles. The Hall–Kier alpha value is -1.90. The van der Waals surface area contributed by atoms with Crippen molar-refractivity contribution in [1.29, 1.82) is 5.26 Å². The zero-order valence-electron chi connectivity index (χ0n) is 10.2. The number of halogens is 5. The maximum atomic E-state index is 12.8. The van der Waals surface area contributed by atoms with Crippen molar-refractivity contribution in [2.45, 2.75) is 6.18 Å². The first-order valence-electron chi connectivity index (χ1n) is 5.55. The third kappa shape index (κ3) is 3.60. The van der Waals surface area contributed by atoms with E-state index in [2.05, 4.69) is 0 Å². The Labute approximate surface area is 128 Å². The molecule has 0 N–H and O–H groups in total. The van der Waals surface area contributed by atoms with Gasteiger partial charge >= 0.3 is 6.18 Å². The highest BCUT2D eigenvalue weighted by atomic mass is 35.5. The lowest BCUT2D eigenvalue weighted by molar-refractivity contribution is -0.137. The first-order chi connectivity index (χ1) is 9.81. The summed E-state index contributed by atoms with van der Waals surface area (Å²) in [4.78, 5) is 0. The number of nitrogens with zero attached hydrogens (tertiary/aromatic N) is 1. The molecule has 0 fully saturated rings. The van der Waals surface area contributed by atoms with Crippen molar-refractivity contribution in [2.24, 2.45) is 0 Å². The van der Waals surface area contributed by atoms with Crippen LogP contribution in [0.3, 0.4) is 0 Å². The molecule has 0 unspecified atom stereocenters. The number of hydrogen-bond donors (Lipinski definition) is 0. The maximum Gasteiger partial charge on any atom is 0.417 e. The number of benzene rings is 2. The molecule has 2 nitrogen and oxygen atoms in total. The van der Waals surface area contributed by atoms with Crippen LogP contribution in [-0.2, 0) is 6.18 Å². The first kappa shape index (κ1) is 15.5. The van der Waals surface area contributed by atoms with E-state index in [9.17, 15) is 13.2 Å². The number of ether oxygens (including phenoxy) is 1. The van der Waals surface area contributed by atoms with E-state index < -0.39 is 17.3 Å². The number of nitriles is 1. The summed E-state index contributed by atoms with van der Waals surface area (Å²) in [6.07, 6.45) is -4.65. The molecule has 0 aromatic heterocycles. The van der Waals surface area contributed by atoms with Gasteiger partial charge in [-0.2, -0.15) is 18.4 Å². The Balaban J connectivity index is 2.42.